The summed E-state index contributed by atoms with van der Waals surface area (Å²) in [4.78, 5) is 38.5. The Balaban J connectivity index is 2.05. The van der Waals surface area contributed by atoms with Gasteiger partial charge in [-0.2, -0.15) is 5.26 Å². The van der Waals surface area contributed by atoms with Gasteiger partial charge in [0.15, 0.2) is 0 Å². The number of carbonyl (C=O) groups excluding carboxylic acids is 2. The zero-order valence-corrected chi connectivity index (χ0v) is 19.5. The van der Waals surface area contributed by atoms with Crippen LogP contribution in [0.4, 0.5) is 10.1 Å². The summed E-state index contributed by atoms with van der Waals surface area (Å²) >= 11 is 0.853. The SMILES string of the molecule is COC(=O)/C=c1\sc2n(c1=O)C(N)=C(C#N)[C@H](c1cccc(F)c1)C=2C(=O)Nc1ccc(C)cc1. The fraction of sp³-hybridized carbons (Fsp3) is 0.120. The van der Waals surface area contributed by atoms with Crippen molar-refractivity contribution < 1.29 is 18.7 Å². The van der Waals surface area contributed by atoms with E-state index in [1.165, 1.54) is 25.3 Å². The van der Waals surface area contributed by atoms with Crippen LogP contribution in [0.5, 0.6) is 0 Å². The lowest BCUT2D eigenvalue weighted by Crippen LogP contribution is -2.40. The Morgan fingerprint density at radius 3 is 2.60 bits per heavy atom. The Bertz CT molecular complexity index is 1610. The number of amides is 1. The van der Waals surface area contributed by atoms with Gasteiger partial charge in [0.05, 0.1) is 30.2 Å². The highest BCUT2D eigenvalue weighted by Crippen LogP contribution is 2.36. The normalized spacial score (nSPS) is 15.4. The highest BCUT2D eigenvalue weighted by Gasteiger charge is 2.35. The fourth-order valence-corrected chi connectivity index (χ4v) is 4.92. The molecule has 0 fully saturated rings. The van der Waals surface area contributed by atoms with Crippen molar-refractivity contribution in [3.63, 3.8) is 0 Å². The first-order valence-corrected chi connectivity index (χ1v) is 11.2. The van der Waals surface area contributed by atoms with Gasteiger partial charge in [-0.15, -0.1) is 11.3 Å². The predicted molar refractivity (Wildman–Crippen MR) is 130 cm³/mol. The fourth-order valence-electron chi connectivity index (χ4n) is 3.79. The molecule has 1 aliphatic rings. The number of ether oxygens (including phenoxy) is 1. The van der Waals surface area contributed by atoms with Gasteiger partial charge in [0.2, 0.25) is 0 Å². The second-order valence-corrected chi connectivity index (χ2v) is 8.74. The molecule has 1 amide bonds. The number of aryl methyl sites for hydroxylation is 1. The predicted octanol–water partition coefficient (Wildman–Crippen LogP) is 1.55. The molecule has 1 aromatic heterocycles. The minimum Gasteiger partial charge on any atom is -0.466 e. The third kappa shape index (κ3) is 4.37. The number of nitrogens with two attached hydrogens (primary N) is 1. The standard InChI is InChI=1S/C25H19FN4O4S/c1-13-6-8-16(9-7-13)29-23(32)21-20(14-4-3-5-15(26)10-14)17(12-27)22(28)30-24(33)18(35-25(21)30)11-19(31)34-2/h3-11,20H,28H2,1-2H3,(H,29,32)/b18-11-/t20-/m0/s1. The molecule has 0 unspecified atom stereocenters. The molecule has 0 bridgehead atoms. The van der Waals surface area contributed by atoms with E-state index in [-0.39, 0.29) is 26.2 Å². The molecule has 35 heavy (non-hydrogen) atoms. The summed E-state index contributed by atoms with van der Waals surface area (Å²) < 4.78 is 19.9. The maximum Gasteiger partial charge on any atom is 0.332 e. The molecule has 2 heterocycles. The summed E-state index contributed by atoms with van der Waals surface area (Å²) in [6, 6.07) is 14.5. The van der Waals surface area contributed by atoms with Crippen LogP contribution in [0.3, 0.4) is 0 Å². The Labute approximate surface area is 202 Å². The van der Waals surface area contributed by atoms with Gasteiger partial charge in [-0.1, -0.05) is 29.8 Å². The third-order valence-corrected chi connectivity index (χ3v) is 6.56. The number of carbonyl (C=O) groups is 2. The number of fused-ring (bicyclic) bond motifs is 1. The summed E-state index contributed by atoms with van der Waals surface area (Å²) in [5.41, 5.74) is 7.26. The Morgan fingerprint density at radius 1 is 1.26 bits per heavy atom. The van der Waals surface area contributed by atoms with Crippen molar-refractivity contribution in [2.24, 2.45) is 5.73 Å². The number of halogens is 1. The van der Waals surface area contributed by atoms with Crippen LogP contribution in [-0.4, -0.2) is 23.6 Å². The van der Waals surface area contributed by atoms with Crippen molar-refractivity contribution in [1.82, 2.24) is 4.57 Å². The van der Waals surface area contributed by atoms with Crippen LogP contribution in [0.1, 0.15) is 17.0 Å². The van der Waals surface area contributed by atoms with Crippen LogP contribution in [-0.2, 0) is 14.3 Å². The van der Waals surface area contributed by atoms with E-state index in [1.54, 1.807) is 18.2 Å². The molecule has 0 saturated carbocycles. The van der Waals surface area contributed by atoms with E-state index in [0.717, 1.165) is 27.5 Å². The number of thiazole rings is 1. The number of hydrogen-bond donors (Lipinski definition) is 2. The monoisotopic (exact) mass is 490 g/mol. The number of hydrogen-bond acceptors (Lipinski definition) is 7. The Morgan fingerprint density at radius 2 is 1.97 bits per heavy atom. The van der Waals surface area contributed by atoms with E-state index in [9.17, 15) is 24.0 Å². The number of methoxy groups -OCH3 is 1. The van der Waals surface area contributed by atoms with Gasteiger partial charge in [-0.05, 0) is 36.8 Å². The summed E-state index contributed by atoms with van der Waals surface area (Å²) in [6.45, 7) is 1.90. The van der Waals surface area contributed by atoms with E-state index in [1.807, 2.05) is 25.1 Å². The van der Waals surface area contributed by atoms with Gasteiger partial charge in [-0.3, -0.25) is 14.2 Å². The average Bonchev–Trinajstić information content (AvgIpc) is 3.15. The molecule has 176 valence electrons. The molecule has 0 radical (unpaired) electrons. The lowest BCUT2D eigenvalue weighted by Gasteiger charge is -2.25. The summed E-state index contributed by atoms with van der Waals surface area (Å²) in [7, 11) is 1.17. The molecule has 3 aromatic rings. The van der Waals surface area contributed by atoms with Crippen molar-refractivity contribution in [3.8, 4) is 6.07 Å². The van der Waals surface area contributed by atoms with Crippen LogP contribution in [0.2, 0.25) is 0 Å². The summed E-state index contributed by atoms with van der Waals surface area (Å²) in [6.07, 6.45) is 0.990. The van der Waals surface area contributed by atoms with Gasteiger partial charge in [0.25, 0.3) is 11.5 Å². The number of nitriles is 1. The van der Waals surface area contributed by atoms with Gasteiger partial charge >= 0.3 is 5.97 Å². The number of anilines is 1. The molecule has 1 atom stereocenters. The number of esters is 1. The minimum absolute atomic E-state index is 0.0218. The van der Waals surface area contributed by atoms with Crippen LogP contribution in [0, 0.1) is 24.1 Å². The van der Waals surface area contributed by atoms with E-state index in [4.69, 9.17) is 5.73 Å². The number of allylic oxidation sites excluding steroid dienone is 1. The third-order valence-electron chi connectivity index (χ3n) is 5.45. The lowest BCUT2D eigenvalue weighted by molar-refractivity contribution is -0.133. The quantitative estimate of drug-likeness (QED) is 0.535. The average molecular weight is 491 g/mol. The first kappa shape index (κ1) is 23.7. The molecule has 8 nitrogen and oxygen atoms in total. The molecule has 2 aromatic carbocycles. The maximum absolute atomic E-state index is 14.2. The van der Waals surface area contributed by atoms with Crippen LogP contribution in [0.15, 0.2) is 58.9 Å². The van der Waals surface area contributed by atoms with Crippen molar-refractivity contribution in [2.75, 3.05) is 12.4 Å². The lowest BCUT2D eigenvalue weighted by atomic mass is 9.83. The smallest absolute Gasteiger partial charge is 0.332 e. The summed E-state index contributed by atoms with van der Waals surface area (Å²) in [5.74, 6) is -3.19. The van der Waals surface area contributed by atoms with E-state index >= 15 is 0 Å². The second kappa shape index (κ2) is 9.40. The van der Waals surface area contributed by atoms with Gasteiger partial charge in [0.1, 0.15) is 20.8 Å². The van der Waals surface area contributed by atoms with Crippen LogP contribution < -0.4 is 25.8 Å². The zero-order chi connectivity index (χ0) is 25.3. The molecule has 1 aliphatic heterocycles. The largest absolute Gasteiger partial charge is 0.466 e. The molecule has 0 saturated heterocycles. The molecule has 0 aliphatic carbocycles. The first-order valence-electron chi connectivity index (χ1n) is 10.3. The van der Waals surface area contributed by atoms with Gasteiger partial charge < -0.3 is 15.8 Å². The van der Waals surface area contributed by atoms with E-state index < -0.39 is 29.2 Å². The van der Waals surface area contributed by atoms with Crippen LogP contribution >= 0.6 is 11.3 Å². The number of rotatable bonds is 4. The topological polar surface area (TPSA) is 127 Å². The van der Waals surface area contributed by atoms with Crippen LogP contribution in [0.25, 0.3) is 17.5 Å². The number of aromatic nitrogens is 1. The maximum atomic E-state index is 14.2. The number of nitrogens with zero attached hydrogens (tertiary/aromatic N) is 2. The molecule has 3 N–H and O–H groups in total. The molecular formula is C25H19FN4O4S. The van der Waals surface area contributed by atoms with Crippen molar-refractivity contribution >= 4 is 46.4 Å². The van der Waals surface area contributed by atoms with Gasteiger partial charge in [-0.25, -0.2) is 9.18 Å². The Kier molecular flexibility index (Phi) is 6.36. The molecule has 0 spiro atoms. The molecule has 10 heteroatoms. The highest BCUT2D eigenvalue weighted by atomic mass is 32.1. The molecule has 4 rings (SSSR count). The van der Waals surface area contributed by atoms with Crippen molar-refractivity contribution in [1.29, 1.82) is 5.26 Å². The molecular weight excluding hydrogens is 471 g/mol. The second-order valence-electron chi connectivity index (χ2n) is 7.71. The van der Waals surface area contributed by atoms with Crippen molar-refractivity contribution in [3.05, 3.63) is 90.6 Å². The zero-order valence-electron chi connectivity index (χ0n) is 18.7. The van der Waals surface area contributed by atoms with E-state index in [2.05, 4.69) is 10.1 Å². The number of nitrogens with one attached hydrogen (secondary N) is 1. The minimum atomic E-state index is -1.05. The van der Waals surface area contributed by atoms with E-state index in [0.29, 0.717) is 11.3 Å². The van der Waals surface area contributed by atoms with Crippen molar-refractivity contribution in [2.45, 2.75) is 12.8 Å². The number of benzene rings is 2. The first-order chi connectivity index (χ1) is 16.7. The summed E-state index contributed by atoms with van der Waals surface area (Å²) in [5, 5.41) is 12.7. The Hall–Kier alpha value is -4.49. The highest BCUT2D eigenvalue weighted by molar-refractivity contribution is 7.07. The van der Waals surface area contributed by atoms with Gasteiger partial charge in [0, 0.05) is 11.8 Å².